The molecule has 28 heavy (non-hydrogen) atoms. The van der Waals surface area contributed by atoms with E-state index in [1.807, 2.05) is 24.3 Å². The third-order valence-electron chi connectivity index (χ3n) is 4.04. The van der Waals surface area contributed by atoms with Crippen LogP contribution in [0.2, 0.25) is 0 Å². The smallest absolute Gasteiger partial charge is 0.355 e. The first-order valence-corrected chi connectivity index (χ1v) is 8.84. The standard InChI is InChI=1S/C21H20N2O5/c1-2-27-20(25)13-23(16-9-4-3-5-10-16)19(24)14-28-21(26)18-12-15-8-6-7-11-17(15)22-18/h3-12,22H,2,13-14H2,1H3. The van der Waals surface area contributed by atoms with Crippen molar-refractivity contribution < 1.29 is 23.9 Å². The topological polar surface area (TPSA) is 88.7 Å². The van der Waals surface area contributed by atoms with Crippen molar-refractivity contribution in [2.75, 3.05) is 24.7 Å². The Morgan fingerprint density at radius 1 is 0.964 bits per heavy atom. The van der Waals surface area contributed by atoms with Crippen molar-refractivity contribution in [2.45, 2.75) is 6.92 Å². The van der Waals surface area contributed by atoms with Crippen molar-refractivity contribution >= 4 is 34.4 Å². The Balaban J connectivity index is 1.68. The maximum Gasteiger partial charge on any atom is 0.355 e. The maximum absolute atomic E-state index is 12.6. The lowest BCUT2D eigenvalue weighted by Crippen LogP contribution is -2.39. The number of ether oxygens (including phenoxy) is 2. The van der Waals surface area contributed by atoms with Crippen molar-refractivity contribution in [3.8, 4) is 0 Å². The van der Waals surface area contributed by atoms with Crippen LogP contribution in [0.1, 0.15) is 17.4 Å². The third-order valence-corrected chi connectivity index (χ3v) is 4.04. The average molecular weight is 380 g/mol. The molecule has 0 bridgehead atoms. The highest BCUT2D eigenvalue weighted by Gasteiger charge is 2.22. The van der Waals surface area contributed by atoms with Gasteiger partial charge in [0.25, 0.3) is 5.91 Å². The van der Waals surface area contributed by atoms with E-state index < -0.39 is 24.5 Å². The van der Waals surface area contributed by atoms with Gasteiger partial charge in [-0.15, -0.1) is 0 Å². The van der Waals surface area contributed by atoms with Crippen molar-refractivity contribution in [2.24, 2.45) is 0 Å². The number of hydrogen-bond acceptors (Lipinski definition) is 5. The zero-order valence-electron chi connectivity index (χ0n) is 15.4. The largest absolute Gasteiger partial charge is 0.465 e. The van der Waals surface area contributed by atoms with Crippen LogP contribution < -0.4 is 4.90 Å². The Morgan fingerprint density at radius 3 is 2.39 bits per heavy atom. The minimum Gasteiger partial charge on any atom is -0.465 e. The minimum atomic E-state index is -0.645. The van der Waals surface area contributed by atoms with Gasteiger partial charge >= 0.3 is 11.9 Å². The summed E-state index contributed by atoms with van der Waals surface area (Å²) in [4.78, 5) is 41.0. The molecular formula is C21H20N2O5. The molecule has 7 heteroatoms. The molecule has 1 N–H and O–H groups in total. The third kappa shape index (κ3) is 4.56. The fourth-order valence-electron chi connectivity index (χ4n) is 2.73. The first kappa shape index (κ1) is 19.2. The highest BCUT2D eigenvalue weighted by atomic mass is 16.5. The van der Waals surface area contributed by atoms with Crippen LogP contribution in [0.3, 0.4) is 0 Å². The fourth-order valence-corrected chi connectivity index (χ4v) is 2.73. The Labute approximate surface area is 161 Å². The van der Waals surface area contributed by atoms with E-state index in [4.69, 9.17) is 9.47 Å². The molecule has 0 saturated heterocycles. The fraction of sp³-hybridized carbons (Fsp3) is 0.190. The number of nitrogens with one attached hydrogen (secondary N) is 1. The lowest BCUT2D eigenvalue weighted by atomic mass is 10.2. The molecule has 0 atom stereocenters. The lowest BCUT2D eigenvalue weighted by Gasteiger charge is -2.21. The zero-order valence-corrected chi connectivity index (χ0v) is 15.4. The number of aromatic nitrogens is 1. The summed E-state index contributed by atoms with van der Waals surface area (Å²) in [6.07, 6.45) is 0. The summed E-state index contributed by atoms with van der Waals surface area (Å²) < 4.78 is 10.1. The second-order valence-electron chi connectivity index (χ2n) is 5.97. The van der Waals surface area contributed by atoms with Crippen molar-refractivity contribution in [3.05, 3.63) is 66.4 Å². The van der Waals surface area contributed by atoms with Crippen LogP contribution in [0.5, 0.6) is 0 Å². The van der Waals surface area contributed by atoms with Gasteiger partial charge in [-0.25, -0.2) is 4.79 Å². The van der Waals surface area contributed by atoms with Crippen LogP contribution in [-0.2, 0) is 19.1 Å². The molecule has 0 aliphatic rings. The summed E-state index contributed by atoms with van der Waals surface area (Å²) in [5.41, 5.74) is 1.57. The molecule has 1 amide bonds. The van der Waals surface area contributed by atoms with Gasteiger partial charge < -0.3 is 14.5 Å². The molecule has 1 heterocycles. The average Bonchev–Trinajstić information content (AvgIpc) is 3.15. The summed E-state index contributed by atoms with van der Waals surface area (Å²) in [6.45, 7) is 1.14. The van der Waals surface area contributed by atoms with Crippen LogP contribution in [-0.4, -0.2) is 42.6 Å². The number of carbonyl (C=O) groups is 3. The van der Waals surface area contributed by atoms with Gasteiger partial charge in [-0.2, -0.15) is 0 Å². The predicted octanol–water partition coefficient (Wildman–Crippen LogP) is 2.92. The highest BCUT2D eigenvalue weighted by Crippen LogP contribution is 2.16. The quantitative estimate of drug-likeness (QED) is 0.637. The van der Waals surface area contributed by atoms with Gasteiger partial charge in [-0.05, 0) is 31.2 Å². The van der Waals surface area contributed by atoms with E-state index in [-0.39, 0.29) is 18.8 Å². The van der Waals surface area contributed by atoms with E-state index >= 15 is 0 Å². The molecule has 144 valence electrons. The normalized spacial score (nSPS) is 10.5. The van der Waals surface area contributed by atoms with Gasteiger partial charge in [0, 0.05) is 16.6 Å². The molecule has 0 aliphatic carbocycles. The molecule has 0 unspecified atom stereocenters. The van der Waals surface area contributed by atoms with E-state index in [0.717, 1.165) is 10.9 Å². The van der Waals surface area contributed by atoms with Gasteiger partial charge in [0.1, 0.15) is 12.2 Å². The molecule has 7 nitrogen and oxygen atoms in total. The van der Waals surface area contributed by atoms with Crippen molar-refractivity contribution in [3.63, 3.8) is 0 Å². The number of esters is 2. The van der Waals surface area contributed by atoms with Crippen LogP contribution >= 0.6 is 0 Å². The Morgan fingerprint density at radius 2 is 1.68 bits per heavy atom. The Bertz CT molecular complexity index is 948. The second kappa shape index (κ2) is 8.85. The Hall–Kier alpha value is -3.61. The van der Waals surface area contributed by atoms with Crippen molar-refractivity contribution in [1.29, 1.82) is 0 Å². The first-order chi connectivity index (χ1) is 13.6. The van der Waals surface area contributed by atoms with E-state index in [2.05, 4.69) is 4.98 Å². The van der Waals surface area contributed by atoms with Crippen LogP contribution in [0.25, 0.3) is 10.9 Å². The molecule has 3 rings (SSSR count). The summed E-state index contributed by atoms with van der Waals surface area (Å²) in [5, 5.41) is 0.869. The van der Waals surface area contributed by atoms with Crippen LogP contribution in [0, 0.1) is 0 Å². The zero-order chi connectivity index (χ0) is 19.9. The van der Waals surface area contributed by atoms with Gasteiger partial charge in [0.15, 0.2) is 6.61 Å². The lowest BCUT2D eigenvalue weighted by molar-refractivity contribution is -0.142. The number of fused-ring (bicyclic) bond motifs is 1. The van der Waals surface area contributed by atoms with E-state index in [1.165, 1.54) is 4.90 Å². The number of aromatic amines is 1. The molecule has 0 saturated carbocycles. The number of rotatable bonds is 7. The summed E-state index contributed by atoms with van der Waals surface area (Å²) in [5.74, 6) is -1.71. The number of para-hydroxylation sites is 2. The maximum atomic E-state index is 12.6. The SMILES string of the molecule is CCOC(=O)CN(C(=O)COC(=O)c1cc2ccccc2[nH]1)c1ccccc1. The Kier molecular flexibility index (Phi) is 6.06. The number of carbonyl (C=O) groups excluding carboxylic acids is 3. The van der Waals surface area contributed by atoms with Gasteiger partial charge in [0.2, 0.25) is 0 Å². The van der Waals surface area contributed by atoms with Gasteiger partial charge in [-0.3, -0.25) is 14.5 Å². The first-order valence-electron chi connectivity index (χ1n) is 8.84. The molecule has 3 aromatic rings. The number of anilines is 1. The molecule has 0 radical (unpaired) electrons. The minimum absolute atomic E-state index is 0.213. The van der Waals surface area contributed by atoms with E-state index in [0.29, 0.717) is 5.69 Å². The summed E-state index contributed by atoms with van der Waals surface area (Å²) >= 11 is 0. The van der Waals surface area contributed by atoms with Crippen molar-refractivity contribution in [1.82, 2.24) is 4.98 Å². The van der Waals surface area contributed by atoms with E-state index in [1.54, 1.807) is 43.3 Å². The molecule has 2 aromatic carbocycles. The predicted molar refractivity (Wildman–Crippen MR) is 104 cm³/mol. The summed E-state index contributed by atoms with van der Waals surface area (Å²) in [7, 11) is 0. The monoisotopic (exact) mass is 380 g/mol. The molecule has 0 aliphatic heterocycles. The van der Waals surface area contributed by atoms with Crippen LogP contribution in [0.15, 0.2) is 60.7 Å². The van der Waals surface area contributed by atoms with Crippen LogP contribution in [0.4, 0.5) is 5.69 Å². The number of hydrogen-bond donors (Lipinski definition) is 1. The number of amides is 1. The second-order valence-corrected chi connectivity index (χ2v) is 5.97. The molecular weight excluding hydrogens is 360 g/mol. The van der Waals surface area contributed by atoms with Gasteiger partial charge in [-0.1, -0.05) is 36.4 Å². The number of H-pyrrole nitrogens is 1. The van der Waals surface area contributed by atoms with E-state index in [9.17, 15) is 14.4 Å². The molecule has 1 aromatic heterocycles. The molecule has 0 spiro atoms. The van der Waals surface area contributed by atoms with Gasteiger partial charge in [0.05, 0.1) is 6.61 Å². The number of benzene rings is 2. The molecule has 0 fully saturated rings. The number of nitrogens with zero attached hydrogens (tertiary/aromatic N) is 1. The highest BCUT2D eigenvalue weighted by molar-refractivity contribution is 6.00. The summed E-state index contributed by atoms with van der Waals surface area (Å²) in [6, 6.07) is 17.8.